The first-order valence-electron chi connectivity index (χ1n) is 17.2. The fraction of sp³-hybridized carbons (Fsp3) is 0. The van der Waals surface area contributed by atoms with Gasteiger partial charge in [0.05, 0.1) is 22.1 Å². The quantitative estimate of drug-likeness (QED) is 0.190. The Balaban J connectivity index is 1.09. The van der Waals surface area contributed by atoms with Crippen molar-refractivity contribution in [3.05, 3.63) is 170 Å². The molecular formula is C46H28N4O. The summed E-state index contributed by atoms with van der Waals surface area (Å²) in [7, 11) is 0. The minimum atomic E-state index is 0.705. The Bertz CT molecular complexity index is 3130. The van der Waals surface area contributed by atoms with E-state index in [-0.39, 0.29) is 0 Å². The van der Waals surface area contributed by atoms with Crippen molar-refractivity contribution < 1.29 is 4.42 Å². The maximum absolute atomic E-state index is 6.26. The summed E-state index contributed by atoms with van der Waals surface area (Å²) in [4.78, 5) is 9.21. The van der Waals surface area contributed by atoms with Crippen LogP contribution in [-0.4, -0.2) is 19.1 Å². The second kappa shape index (κ2) is 10.8. The molecule has 0 N–H and O–H groups in total. The fourth-order valence-corrected chi connectivity index (χ4v) is 8.03. The van der Waals surface area contributed by atoms with Crippen LogP contribution in [0.25, 0.3) is 99.4 Å². The van der Waals surface area contributed by atoms with Gasteiger partial charge in [-0.05, 0) is 71.8 Å². The number of furan rings is 1. The number of rotatable bonds is 4. The predicted octanol–water partition coefficient (Wildman–Crippen LogP) is 11.9. The van der Waals surface area contributed by atoms with Crippen molar-refractivity contribution in [1.82, 2.24) is 19.1 Å². The average molecular weight is 653 g/mol. The molecule has 7 aromatic carbocycles. The van der Waals surface area contributed by atoms with Crippen LogP contribution in [0.1, 0.15) is 0 Å². The van der Waals surface area contributed by atoms with E-state index in [1.54, 1.807) is 6.33 Å². The van der Waals surface area contributed by atoms with Crippen molar-refractivity contribution in [1.29, 1.82) is 0 Å². The van der Waals surface area contributed by atoms with Gasteiger partial charge in [0.15, 0.2) is 5.58 Å². The highest BCUT2D eigenvalue weighted by atomic mass is 16.3. The number of hydrogen-bond acceptors (Lipinski definition) is 3. The molecule has 0 aliphatic rings. The van der Waals surface area contributed by atoms with Crippen LogP contribution < -0.4 is 0 Å². The number of aromatic nitrogens is 4. The highest BCUT2D eigenvalue weighted by Crippen LogP contribution is 2.41. The van der Waals surface area contributed by atoms with E-state index in [4.69, 9.17) is 4.42 Å². The second-order valence-electron chi connectivity index (χ2n) is 13.0. The van der Waals surface area contributed by atoms with Crippen molar-refractivity contribution in [2.24, 2.45) is 0 Å². The number of nitrogens with zero attached hydrogens (tertiary/aromatic N) is 4. The van der Waals surface area contributed by atoms with E-state index in [0.29, 0.717) is 5.58 Å². The Kier molecular flexibility index (Phi) is 5.89. The minimum absolute atomic E-state index is 0.705. The van der Waals surface area contributed by atoms with Gasteiger partial charge in [0, 0.05) is 43.9 Å². The van der Waals surface area contributed by atoms with Crippen molar-refractivity contribution in [3.8, 4) is 33.8 Å². The first kappa shape index (κ1) is 27.9. The number of para-hydroxylation sites is 4. The molecule has 0 unspecified atom stereocenters. The lowest BCUT2D eigenvalue weighted by atomic mass is 9.98. The molecule has 0 saturated heterocycles. The summed E-state index contributed by atoms with van der Waals surface area (Å²) < 4.78 is 11.0. The molecule has 0 amide bonds. The molecule has 0 aliphatic heterocycles. The van der Waals surface area contributed by atoms with Gasteiger partial charge in [-0.2, -0.15) is 0 Å². The van der Waals surface area contributed by atoms with Crippen LogP contribution in [0.5, 0.6) is 0 Å². The third kappa shape index (κ3) is 4.09. The zero-order valence-electron chi connectivity index (χ0n) is 27.4. The molecule has 0 aliphatic carbocycles. The van der Waals surface area contributed by atoms with Crippen LogP contribution in [-0.2, 0) is 0 Å². The summed E-state index contributed by atoms with van der Waals surface area (Å²) in [6.45, 7) is 0. The van der Waals surface area contributed by atoms with Gasteiger partial charge in [-0.25, -0.2) is 9.97 Å². The zero-order chi connectivity index (χ0) is 33.5. The van der Waals surface area contributed by atoms with E-state index in [1.807, 2.05) is 24.3 Å². The lowest BCUT2D eigenvalue weighted by Gasteiger charge is -2.11. The first-order chi connectivity index (χ1) is 25.3. The summed E-state index contributed by atoms with van der Waals surface area (Å²) in [5.41, 5.74) is 13.5. The summed E-state index contributed by atoms with van der Waals surface area (Å²) in [6, 6.07) is 58.2. The van der Waals surface area contributed by atoms with Crippen LogP contribution in [0.3, 0.4) is 0 Å². The fourth-order valence-electron chi connectivity index (χ4n) is 8.03. The van der Waals surface area contributed by atoms with E-state index >= 15 is 0 Å². The second-order valence-corrected chi connectivity index (χ2v) is 13.0. The average Bonchev–Trinajstić information content (AvgIpc) is 3.86. The normalized spacial score (nSPS) is 11.9. The van der Waals surface area contributed by atoms with Crippen LogP contribution in [0, 0.1) is 0 Å². The molecule has 4 aromatic heterocycles. The number of benzene rings is 7. The Labute approximate surface area is 292 Å². The smallest absolute Gasteiger partial charge is 0.180 e. The van der Waals surface area contributed by atoms with Crippen molar-refractivity contribution in [3.63, 3.8) is 0 Å². The van der Waals surface area contributed by atoms with E-state index in [9.17, 15) is 0 Å². The molecule has 0 fully saturated rings. The molecule has 11 rings (SSSR count). The van der Waals surface area contributed by atoms with Gasteiger partial charge in [0.1, 0.15) is 23.1 Å². The van der Waals surface area contributed by atoms with Crippen molar-refractivity contribution >= 4 is 65.7 Å². The van der Waals surface area contributed by atoms with Crippen LogP contribution in [0.4, 0.5) is 0 Å². The van der Waals surface area contributed by atoms with E-state index in [1.165, 1.54) is 43.7 Å². The van der Waals surface area contributed by atoms with Crippen molar-refractivity contribution in [2.45, 2.75) is 0 Å². The third-order valence-corrected chi connectivity index (χ3v) is 10.3. The number of hydrogen-bond donors (Lipinski definition) is 0. The Morgan fingerprint density at radius 2 is 1.06 bits per heavy atom. The predicted molar refractivity (Wildman–Crippen MR) is 209 cm³/mol. The summed E-state index contributed by atoms with van der Waals surface area (Å²) in [5, 5.41) is 5.95. The highest BCUT2D eigenvalue weighted by molar-refractivity contribution is 6.17. The van der Waals surface area contributed by atoms with E-state index in [0.717, 1.165) is 50.2 Å². The maximum Gasteiger partial charge on any atom is 0.180 e. The van der Waals surface area contributed by atoms with E-state index < -0.39 is 0 Å². The standard InChI is InChI=1S/C46H28N4O/c1-2-11-31(12-3-1)50-38-17-7-4-13-34(38)35-26-23-30(27-41(35)50)33-16-10-19-40-43(33)36-14-5-8-18-39(36)49(40)32-24-21-29(22-25-32)44-46-45(48-28-47-44)37-15-6-9-20-42(37)51-46/h1-28H. The van der Waals surface area contributed by atoms with E-state index in [2.05, 4.69) is 159 Å². The monoisotopic (exact) mass is 652 g/mol. The summed E-state index contributed by atoms with van der Waals surface area (Å²) >= 11 is 0. The molecule has 0 radical (unpaired) electrons. The van der Waals surface area contributed by atoms with Gasteiger partial charge in [-0.15, -0.1) is 0 Å². The molecule has 5 heteroatoms. The topological polar surface area (TPSA) is 48.8 Å². The molecule has 0 spiro atoms. The molecule has 11 aromatic rings. The van der Waals surface area contributed by atoms with Crippen LogP contribution in [0.2, 0.25) is 0 Å². The Morgan fingerprint density at radius 1 is 0.431 bits per heavy atom. The van der Waals surface area contributed by atoms with Crippen molar-refractivity contribution in [2.75, 3.05) is 0 Å². The Morgan fingerprint density at radius 3 is 1.90 bits per heavy atom. The first-order valence-corrected chi connectivity index (χ1v) is 17.2. The van der Waals surface area contributed by atoms with Crippen LogP contribution in [0.15, 0.2) is 175 Å². The van der Waals surface area contributed by atoms with Gasteiger partial charge < -0.3 is 13.6 Å². The number of fused-ring (bicyclic) bond motifs is 9. The molecular weight excluding hydrogens is 625 g/mol. The maximum atomic E-state index is 6.26. The molecule has 4 heterocycles. The molecule has 0 atom stereocenters. The zero-order valence-corrected chi connectivity index (χ0v) is 27.4. The Hall–Kier alpha value is -6.98. The molecule has 0 bridgehead atoms. The van der Waals surface area contributed by atoms with Gasteiger partial charge in [0.25, 0.3) is 0 Å². The largest absolute Gasteiger partial charge is 0.452 e. The lowest BCUT2D eigenvalue weighted by molar-refractivity contribution is 0.667. The van der Waals surface area contributed by atoms with Gasteiger partial charge in [-0.1, -0.05) is 103 Å². The lowest BCUT2D eigenvalue weighted by Crippen LogP contribution is -1.94. The van der Waals surface area contributed by atoms with Gasteiger partial charge in [0.2, 0.25) is 0 Å². The SMILES string of the molecule is c1ccc(-n2c3ccccc3c3ccc(-c4cccc5c4c4ccccc4n5-c4ccc(-c5ncnc6c5oc5ccccc56)cc4)cc32)cc1. The molecule has 5 nitrogen and oxygen atoms in total. The molecule has 238 valence electrons. The van der Waals surface area contributed by atoms with Gasteiger partial charge in [-0.3, -0.25) is 0 Å². The highest BCUT2D eigenvalue weighted by Gasteiger charge is 2.19. The molecule has 51 heavy (non-hydrogen) atoms. The van der Waals surface area contributed by atoms with Gasteiger partial charge >= 0.3 is 0 Å². The third-order valence-electron chi connectivity index (χ3n) is 10.3. The van der Waals surface area contributed by atoms with Crippen LogP contribution >= 0.6 is 0 Å². The summed E-state index contributed by atoms with van der Waals surface area (Å²) in [5.74, 6) is 0. The minimum Gasteiger partial charge on any atom is -0.452 e. The summed E-state index contributed by atoms with van der Waals surface area (Å²) in [6.07, 6.45) is 1.62. The molecule has 0 saturated carbocycles.